The average molecular weight is 366 g/mol. The average Bonchev–Trinajstić information content (AvgIpc) is 2.72. The summed E-state index contributed by atoms with van der Waals surface area (Å²) in [6, 6.07) is 8.25. The largest absolute Gasteiger partial charge is 0.493 e. The molecule has 1 fully saturated rings. The summed E-state index contributed by atoms with van der Waals surface area (Å²) >= 11 is 0. The van der Waals surface area contributed by atoms with Crippen LogP contribution in [0, 0.1) is 0 Å². The molecule has 2 aromatic rings. The number of carbonyl (C=O) groups is 1. The lowest BCUT2D eigenvalue weighted by Gasteiger charge is -2.29. The van der Waals surface area contributed by atoms with Crippen molar-refractivity contribution in [2.45, 2.75) is 50.4 Å². The summed E-state index contributed by atoms with van der Waals surface area (Å²) in [7, 11) is 0. The SMILES string of the molecule is O=C(O)c1ccncc1NCC1CCOc2cc(C3CCCCC3)ccc21. The number of rotatable bonds is 5. The molecule has 1 aliphatic heterocycles. The number of carboxylic acid groups (broad SMARTS) is 1. The molecule has 1 saturated carbocycles. The van der Waals surface area contributed by atoms with Crippen molar-refractivity contribution in [3.63, 3.8) is 0 Å². The fourth-order valence-corrected chi connectivity index (χ4v) is 4.34. The highest BCUT2D eigenvalue weighted by molar-refractivity contribution is 5.93. The van der Waals surface area contributed by atoms with Crippen LogP contribution in [0.2, 0.25) is 0 Å². The molecule has 0 saturated heterocycles. The Labute approximate surface area is 159 Å². The summed E-state index contributed by atoms with van der Waals surface area (Å²) in [4.78, 5) is 15.4. The van der Waals surface area contributed by atoms with Crippen LogP contribution >= 0.6 is 0 Å². The zero-order chi connectivity index (χ0) is 18.6. The van der Waals surface area contributed by atoms with Gasteiger partial charge in [-0.25, -0.2) is 4.79 Å². The van der Waals surface area contributed by atoms with Gasteiger partial charge < -0.3 is 15.2 Å². The maximum absolute atomic E-state index is 11.4. The van der Waals surface area contributed by atoms with Crippen LogP contribution in [0.3, 0.4) is 0 Å². The standard InChI is InChI=1S/C22H26N2O3/c25-22(26)19-8-10-23-14-20(19)24-13-17-9-11-27-21-12-16(6-7-18(17)21)15-4-2-1-3-5-15/h6-8,10,12,14-15,17,24H,1-5,9,11,13H2,(H,25,26). The van der Waals surface area contributed by atoms with E-state index in [1.165, 1.54) is 55.5 Å². The lowest BCUT2D eigenvalue weighted by Crippen LogP contribution is -2.22. The van der Waals surface area contributed by atoms with E-state index in [9.17, 15) is 9.90 Å². The van der Waals surface area contributed by atoms with Gasteiger partial charge >= 0.3 is 5.97 Å². The maximum Gasteiger partial charge on any atom is 0.337 e. The van der Waals surface area contributed by atoms with Crippen molar-refractivity contribution in [2.24, 2.45) is 0 Å². The molecule has 0 radical (unpaired) electrons. The number of hydrogen-bond acceptors (Lipinski definition) is 4. The molecule has 4 rings (SSSR count). The summed E-state index contributed by atoms with van der Waals surface area (Å²) < 4.78 is 5.96. The van der Waals surface area contributed by atoms with Crippen molar-refractivity contribution in [2.75, 3.05) is 18.5 Å². The van der Waals surface area contributed by atoms with Gasteiger partial charge in [0, 0.05) is 18.7 Å². The summed E-state index contributed by atoms with van der Waals surface area (Å²) in [5.74, 6) is 1.03. The van der Waals surface area contributed by atoms with Gasteiger partial charge in [0.2, 0.25) is 0 Å². The fraction of sp³-hybridized carbons (Fsp3) is 0.455. The molecule has 5 nitrogen and oxygen atoms in total. The van der Waals surface area contributed by atoms with Crippen LogP contribution in [0.4, 0.5) is 5.69 Å². The van der Waals surface area contributed by atoms with Crippen LogP contribution in [0.25, 0.3) is 0 Å². The monoisotopic (exact) mass is 366 g/mol. The second-order valence-corrected chi connectivity index (χ2v) is 7.57. The van der Waals surface area contributed by atoms with E-state index in [1.54, 1.807) is 6.20 Å². The van der Waals surface area contributed by atoms with Crippen LogP contribution < -0.4 is 10.1 Å². The van der Waals surface area contributed by atoms with Gasteiger partial charge in [0.15, 0.2) is 0 Å². The Morgan fingerprint density at radius 1 is 1.19 bits per heavy atom. The third-order valence-electron chi connectivity index (χ3n) is 5.87. The molecule has 142 valence electrons. The summed E-state index contributed by atoms with van der Waals surface area (Å²) in [6.07, 6.45) is 10.6. The minimum absolute atomic E-state index is 0.255. The molecule has 1 aromatic carbocycles. The van der Waals surface area contributed by atoms with Crippen molar-refractivity contribution in [3.8, 4) is 5.75 Å². The molecule has 1 aliphatic carbocycles. The highest BCUT2D eigenvalue weighted by Gasteiger charge is 2.24. The predicted molar refractivity (Wildman–Crippen MR) is 105 cm³/mol. The van der Waals surface area contributed by atoms with Crippen molar-refractivity contribution < 1.29 is 14.6 Å². The number of fused-ring (bicyclic) bond motifs is 1. The third kappa shape index (κ3) is 3.92. The Morgan fingerprint density at radius 2 is 2.04 bits per heavy atom. The van der Waals surface area contributed by atoms with E-state index in [2.05, 4.69) is 28.5 Å². The van der Waals surface area contributed by atoms with Crippen molar-refractivity contribution >= 4 is 11.7 Å². The van der Waals surface area contributed by atoms with E-state index in [0.29, 0.717) is 30.7 Å². The summed E-state index contributed by atoms with van der Waals surface area (Å²) in [5.41, 5.74) is 3.44. The third-order valence-corrected chi connectivity index (χ3v) is 5.87. The number of aromatic nitrogens is 1. The Kier molecular flexibility index (Phi) is 5.28. The van der Waals surface area contributed by atoms with Gasteiger partial charge in [0.25, 0.3) is 0 Å². The first kappa shape index (κ1) is 17.8. The molecule has 5 heteroatoms. The van der Waals surface area contributed by atoms with E-state index in [4.69, 9.17) is 4.74 Å². The Morgan fingerprint density at radius 3 is 2.85 bits per heavy atom. The Bertz CT molecular complexity index is 815. The first-order chi connectivity index (χ1) is 13.2. The van der Waals surface area contributed by atoms with Gasteiger partial charge in [-0.15, -0.1) is 0 Å². The van der Waals surface area contributed by atoms with E-state index >= 15 is 0 Å². The van der Waals surface area contributed by atoms with E-state index in [1.807, 2.05) is 0 Å². The van der Waals surface area contributed by atoms with E-state index in [0.717, 1.165) is 12.2 Å². The van der Waals surface area contributed by atoms with Gasteiger partial charge in [-0.3, -0.25) is 4.98 Å². The molecule has 2 heterocycles. The fourth-order valence-electron chi connectivity index (χ4n) is 4.34. The van der Waals surface area contributed by atoms with Crippen LogP contribution in [0.1, 0.15) is 71.8 Å². The smallest absolute Gasteiger partial charge is 0.337 e. The van der Waals surface area contributed by atoms with E-state index < -0.39 is 5.97 Å². The molecule has 2 aliphatic rings. The van der Waals surface area contributed by atoms with Crippen molar-refractivity contribution in [3.05, 3.63) is 53.3 Å². The van der Waals surface area contributed by atoms with Crippen molar-refractivity contribution in [1.29, 1.82) is 0 Å². The number of nitrogens with zero attached hydrogens (tertiary/aromatic N) is 1. The number of anilines is 1. The maximum atomic E-state index is 11.4. The molecular weight excluding hydrogens is 340 g/mol. The van der Waals surface area contributed by atoms with Gasteiger partial charge in [0.1, 0.15) is 5.75 Å². The number of ether oxygens (including phenoxy) is 1. The molecule has 0 spiro atoms. The molecule has 1 atom stereocenters. The molecule has 1 unspecified atom stereocenters. The summed E-state index contributed by atoms with van der Waals surface area (Å²) in [5, 5.41) is 12.6. The normalized spacial score (nSPS) is 19.8. The first-order valence-electron chi connectivity index (χ1n) is 9.90. The van der Waals surface area contributed by atoms with Crippen molar-refractivity contribution in [1.82, 2.24) is 4.98 Å². The minimum Gasteiger partial charge on any atom is -0.493 e. The molecule has 2 N–H and O–H groups in total. The topological polar surface area (TPSA) is 71.5 Å². The molecule has 0 bridgehead atoms. The highest BCUT2D eigenvalue weighted by Crippen LogP contribution is 2.39. The van der Waals surface area contributed by atoms with E-state index in [-0.39, 0.29) is 5.56 Å². The van der Waals surface area contributed by atoms with Gasteiger partial charge in [-0.1, -0.05) is 31.4 Å². The predicted octanol–water partition coefficient (Wildman–Crippen LogP) is 4.81. The number of pyridine rings is 1. The molecule has 1 aromatic heterocycles. The van der Waals surface area contributed by atoms with Crippen LogP contribution in [0.15, 0.2) is 36.7 Å². The lowest BCUT2D eigenvalue weighted by atomic mass is 9.82. The second kappa shape index (κ2) is 7.99. The van der Waals surface area contributed by atoms with Gasteiger partial charge in [-0.05, 0) is 48.4 Å². The number of aromatic carboxylic acids is 1. The molecule has 27 heavy (non-hydrogen) atoms. The zero-order valence-electron chi connectivity index (χ0n) is 15.5. The van der Waals surface area contributed by atoms with Crippen LogP contribution in [-0.4, -0.2) is 29.2 Å². The minimum atomic E-state index is -0.940. The Balaban J connectivity index is 1.49. The van der Waals surface area contributed by atoms with Gasteiger partial charge in [0.05, 0.1) is 24.1 Å². The summed E-state index contributed by atoms with van der Waals surface area (Å²) in [6.45, 7) is 1.37. The van der Waals surface area contributed by atoms with Crippen LogP contribution in [0.5, 0.6) is 5.75 Å². The number of benzene rings is 1. The number of nitrogens with one attached hydrogen (secondary N) is 1. The Hall–Kier alpha value is -2.56. The molecule has 0 amide bonds. The van der Waals surface area contributed by atoms with Gasteiger partial charge in [-0.2, -0.15) is 0 Å². The second-order valence-electron chi connectivity index (χ2n) is 7.57. The number of hydrogen-bond donors (Lipinski definition) is 2. The van der Waals surface area contributed by atoms with Crippen LogP contribution in [-0.2, 0) is 0 Å². The first-order valence-corrected chi connectivity index (χ1v) is 9.90. The molecular formula is C22H26N2O3. The zero-order valence-corrected chi connectivity index (χ0v) is 15.5. The quantitative estimate of drug-likeness (QED) is 0.795. The lowest BCUT2D eigenvalue weighted by molar-refractivity contribution is 0.0697. The number of carboxylic acids is 1. The highest BCUT2D eigenvalue weighted by atomic mass is 16.5.